The lowest BCUT2D eigenvalue weighted by Gasteiger charge is -2.29. The lowest BCUT2D eigenvalue weighted by Crippen LogP contribution is -2.47. The molecule has 0 spiro atoms. The second-order valence-corrected chi connectivity index (χ2v) is 5.85. The number of carbonyl (C=O) groups is 1. The third-order valence-electron chi connectivity index (χ3n) is 4.49. The third-order valence-corrected chi connectivity index (χ3v) is 4.49. The molecule has 0 radical (unpaired) electrons. The summed E-state index contributed by atoms with van der Waals surface area (Å²) in [6.07, 6.45) is 8.19. The Kier molecular flexibility index (Phi) is 6.80. The molecule has 0 bridgehead atoms. The van der Waals surface area contributed by atoms with Crippen molar-refractivity contribution in [3.63, 3.8) is 0 Å². The predicted molar refractivity (Wildman–Crippen MR) is 76.1 cm³/mol. The molecule has 0 aromatic heterocycles. The van der Waals surface area contributed by atoms with Gasteiger partial charge in [-0.15, -0.1) is 0 Å². The zero-order chi connectivity index (χ0) is 14.3. The molecular formula is C15H29NO3. The average Bonchev–Trinajstić information content (AvgIpc) is 2.43. The molecule has 3 N–H and O–H groups in total. The van der Waals surface area contributed by atoms with E-state index in [0.29, 0.717) is 25.6 Å². The molecular weight excluding hydrogens is 242 g/mol. The van der Waals surface area contributed by atoms with Crippen LogP contribution >= 0.6 is 0 Å². The van der Waals surface area contributed by atoms with E-state index in [4.69, 9.17) is 15.6 Å². The molecule has 1 saturated carbocycles. The molecule has 0 heterocycles. The van der Waals surface area contributed by atoms with Gasteiger partial charge in [0.15, 0.2) is 0 Å². The summed E-state index contributed by atoms with van der Waals surface area (Å²) in [5.41, 5.74) is 4.77. The molecule has 0 aromatic carbocycles. The van der Waals surface area contributed by atoms with Crippen molar-refractivity contribution < 1.29 is 14.6 Å². The van der Waals surface area contributed by atoms with Crippen LogP contribution in [0.5, 0.6) is 0 Å². The van der Waals surface area contributed by atoms with Crippen molar-refractivity contribution in [3.8, 4) is 0 Å². The van der Waals surface area contributed by atoms with Crippen LogP contribution in [0.2, 0.25) is 0 Å². The normalized spacial score (nSPS) is 26.9. The highest BCUT2D eigenvalue weighted by molar-refractivity contribution is 5.78. The van der Waals surface area contributed by atoms with Gasteiger partial charge in [0.25, 0.3) is 0 Å². The first kappa shape index (κ1) is 16.4. The average molecular weight is 271 g/mol. The predicted octanol–water partition coefficient (Wildman–Crippen LogP) is 2.94. The largest absolute Gasteiger partial charge is 0.480 e. The molecule has 1 aliphatic rings. The highest BCUT2D eigenvalue weighted by atomic mass is 16.5. The highest BCUT2D eigenvalue weighted by Gasteiger charge is 2.31. The van der Waals surface area contributed by atoms with E-state index < -0.39 is 11.5 Å². The molecule has 0 amide bonds. The van der Waals surface area contributed by atoms with Gasteiger partial charge in [0.1, 0.15) is 5.54 Å². The molecule has 19 heavy (non-hydrogen) atoms. The maximum Gasteiger partial charge on any atom is 0.323 e. The van der Waals surface area contributed by atoms with Gasteiger partial charge in [0, 0.05) is 6.61 Å². The topological polar surface area (TPSA) is 72.5 Å². The zero-order valence-electron chi connectivity index (χ0n) is 12.4. The first-order valence-electron chi connectivity index (χ1n) is 7.65. The van der Waals surface area contributed by atoms with Crippen LogP contribution in [0.3, 0.4) is 0 Å². The van der Waals surface area contributed by atoms with Gasteiger partial charge in [-0.25, -0.2) is 0 Å². The fourth-order valence-corrected chi connectivity index (χ4v) is 2.84. The summed E-state index contributed by atoms with van der Waals surface area (Å²) >= 11 is 0. The number of carboxylic acid groups (broad SMARTS) is 1. The van der Waals surface area contributed by atoms with Crippen LogP contribution < -0.4 is 5.73 Å². The molecule has 0 saturated heterocycles. The Morgan fingerprint density at radius 2 is 2.16 bits per heavy atom. The van der Waals surface area contributed by atoms with Gasteiger partial charge in [-0.2, -0.15) is 0 Å². The van der Waals surface area contributed by atoms with Crippen LogP contribution in [0.4, 0.5) is 0 Å². The SMILES string of the molecule is CCC1CCCC(OCCCC(N)(CC)C(=O)O)C1. The maximum atomic E-state index is 11.1. The van der Waals surface area contributed by atoms with E-state index in [-0.39, 0.29) is 0 Å². The van der Waals surface area contributed by atoms with E-state index in [2.05, 4.69) is 6.92 Å². The number of hydrogen-bond acceptors (Lipinski definition) is 3. The second kappa shape index (κ2) is 7.85. The highest BCUT2D eigenvalue weighted by Crippen LogP contribution is 2.28. The fourth-order valence-electron chi connectivity index (χ4n) is 2.84. The van der Waals surface area contributed by atoms with Crippen molar-refractivity contribution in [1.29, 1.82) is 0 Å². The minimum absolute atomic E-state index is 0.373. The summed E-state index contributed by atoms with van der Waals surface area (Å²) in [7, 11) is 0. The number of ether oxygens (including phenoxy) is 1. The van der Waals surface area contributed by atoms with Crippen LogP contribution in [-0.2, 0) is 9.53 Å². The number of carboxylic acids is 1. The van der Waals surface area contributed by atoms with E-state index >= 15 is 0 Å². The molecule has 4 heteroatoms. The van der Waals surface area contributed by atoms with Gasteiger partial charge >= 0.3 is 5.97 Å². The fraction of sp³-hybridized carbons (Fsp3) is 0.933. The molecule has 112 valence electrons. The zero-order valence-corrected chi connectivity index (χ0v) is 12.4. The molecule has 0 aromatic rings. The van der Waals surface area contributed by atoms with Crippen LogP contribution in [0.1, 0.15) is 65.2 Å². The van der Waals surface area contributed by atoms with E-state index in [1.54, 1.807) is 0 Å². The summed E-state index contributed by atoms with van der Waals surface area (Å²) in [6.45, 7) is 4.69. The van der Waals surface area contributed by atoms with Crippen LogP contribution in [-0.4, -0.2) is 29.3 Å². The number of rotatable bonds is 8. The van der Waals surface area contributed by atoms with Crippen molar-refractivity contribution in [2.45, 2.75) is 76.9 Å². The third kappa shape index (κ3) is 5.11. The van der Waals surface area contributed by atoms with Gasteiger partial charge in [-0.3, -0.25) is 4.79 Å². The lowest BCUT2D eigenvalue weighted by atomic mass is 9.85. The number of aliphatic carboxylic acids is 1. The molecule has 1 fully saturated rings. The monoisotopic (exact) mass is 271 g/mol. The lowest BCUT2D eigenvalue weighted by molar-refractivity contribution is -0.144. The van der Waals surface area contributed by atoms with Gasteiger partial charge in [-0.1, -0.05) is 33.1 Å². The molecule has 0 aliphatic heterocycles. The molecule has 4 nitrogen and oxygen atoms in total. The van der Waals surface area contributed by atoms with E-state index in [9.17, 15) is 4.79 Å². The second-order valence-electron chi connectivity index (χ2n) is 5.85. The summed E-state index contributed by atoms with van der Waals surface area (Å²) < 4.78 is 5.89. The Balaban J connectivity index is 2.21. The molecule has 3 atom stereocenters. The quantitative estimate of drug-likeness (QED) is 0.666. The Bertz CT molecular complexity index is 283. The van der Waals surface area contributed by atoms with Crippen LogP contribution in [0.25, 0.3) is 0 Å². The van der Waals surface area contributed by atoms with E-state index in [1.807, 2.05) is 6.92 Å². The standard InChI is InChI=1S/C15H29NO3/c1-3-12-7-5-8-13(11-12)19-10-6-9-15(16,4-2)14(17)18/h12-13H,3-11,16H2,1-2H3,(H,17,18). The Hall–Kier alpha value is -0.610. The van der Waals surface area contributed by atoms with Gasteiger partial charge in [0.2, 0.25) is 0 Å². The van der Waals surface area contributed by atoms with Crippen molar-refractivity contribution in [2.75, 3.05) is 6.61 Å². The first-order valence-corrected chi connectivity index (χ1v) is 7.65. The molecule has 1 aliphatic carbocycles. The Morgan fingerprint density at radius 3 is 2.74 bits per heavy atom. The van der Waals surface area contributed by atoms with Crippen molar-refractivity contribution in [2.24, 2.45) is 11.7 Å². The summed E-state index contributed by atoms with van der Waals surface area (Å²) in [4.78, 5) is 11.1. The molecule has 3 unspecified atom stereocenters. The summed E-state index contributed by atoms with van der Waals surface area (Å²) in [5, 5.41) is 9.08. The Morgan fingerprint density at radius 1 is 1.42 bits per heavy atom. The van der Waals surface area contributed by atoms with Crippen molar-refractivity contribution in [3.05, 3.63) is 0 Å². The maximum absolute atomic E-state index is 11.1. The smallest absolute Gasteiger partial charge is 0.323 e. The number of nitrogens with two attached hydrogens (primary N) is 1. The Labute approximate surface area is 116 Å². The molecule has 1 rings (SSSR count). The van der Waals surface area contributed by atoms with Gasteiger partial charge < -0.3 is 15.6 Å². The van der Waals surface area contributed by atoms with Crippen molar-refractivity contribution >= 4 is 5.97 Å². The van der Waals surface area contributed by atoms with Gasteiger partial charge in [0.05, 0.1) is 6.10 Å². The van der Waals surface area contributed by atoms with Gasteiger partial charge in [-0.05, 0) is 38.0 Å². The van der Waals surface area contributed by atoms with Crippen LogP contribution in [0, 0.1) is 5.92 Å². The minimum atomic E-state index is -1.08. The van der Waals surface area contributed by atoms with Crippen LogP contribution in [0.15, 0.2) is 0 Å². The van der Waals surface area contributed by atoms with E-state index in [1.165, 1.54) is 19.3 Å². The number of hydrogen-bond donors (Lipinski definition) is 2. The summed E-state index contributed by atoms with van der Waals surface area (Å²) in [5.74, 6) is -0.0966. The van der Waals surface area contributed by atoms with Crippen molar-refractivity contribution in [1.82, 2.24) is 0 Å². The minimum Gasteiger partial charge on any atom is -0.480 e. The first-order chi connectivity index (χ1) is 9.01. The summed E-state index contributed by atoms with van der Waals surface area (Å²) in [6, 6.07) is 0. The van der Waals surface area contributed by atoms with E-state index in [0.717, 1.165) is 25.2 Å².